The molecule has 1 aromatic heterocycles. The number of thiocarbonyl (C=S) groups is 1. The number of hydrogen-bond donors (Lipinski definition) is 2. The highest BCUT2D eigenvalue weighted by atomic mass is 32.1. The summed E-state index contributed by atoms with van der Waals surface area (Å²) in [4.78, 5) is 13.5. The van der Waals surface area contributed by atoms with E-state index in [9.17, 15) is 10.1 Å². The Morgan fingerprint density at radius 2 is 2.03 bits per heavy atom. The minimum atomic E-state index is -0.332. The van der Waals surface area contributed by atoms with Crippen molar-refractivity contribution in [2.45, 2.75) is 40.0 Å². The molecular weight excluding hydrogens is 426 g/mol. The van der Waals surface area contributed by atoms with Gasteiger partial charge in [-0.25, -0.2) is 0 Å². The average Bonchev–Trinajstić information content (AvgIpc) is 3.07. The highest BCUT2D eigenvalue weighted by Crippen LogP contribution is 2.43. The molecule has 0 saturated heterocycles. The topological polar surface area (TPSA) is 74.2 Å². The van der Waals surface area contributed by atoms with Crippen LogP contribution >= 0.6 is 23.6 Å². The summed E-state index contributed by atoms with van der Waals surface area (Å²) in [6.45, 7) is 6.81. The quantitative estimate of drug-likeness (QED) is 0.485. The van der Waals surface area contributed by atoms with Crippen LogP contribution in [0.15, 0.2) is 30.3 Å². The Morgan fingerprint density at radius 3 is 2.65 bits per heavy atom. The number of rotatable bonds is 4. The first-order valence-electron chi connectivity index (χ1n) is 10.2. The summed E-state index contributed by atoms with van der Waals surface area (Å²) in [5, 5.41) is 16.3. The highest BCUT2D eigenvalue weighted by molar-refractivity contribution is 7.80. The zero-order valence-corrected chi connectivity index (χ0v) is 19.9. The van der Waals surface area contributed by atoms with E-state index in [1.54, 1.807) is 24.5 Å². The molecule has 162 valence electrons. The van der Waals surface area contributed by atoms with Crippen LogP contribution in [0.25, 0.3) is 6.08 Å². The lowest BCUT2D eigenvalue weighted by Crippen LogP contribution is -2.32. The second-order valence-electron chi connectivity index (χ2n) is 8.68. The van der Waals surface area contributed by atoms with Crippen LogP contribution in [0, 0.1) is 22.7 Å². The van der Waals surface area contributed by atoms with Crippen molar-refractivity contribution in [3.63, 3.8) is 0 Å². The van der Waals surface area contributed by atoms with Gasteiger partial charge in [-0.1, -0.05) is 32.9 Å². The maximum absolute atomic E-state index is 12.2. The summed E-state index contributed by atoms with van der Waals surface area (Å²) < 4.78 is 5.12. The van der Waals surface area contributed by atoms with Crippen LogP contribution in [-0.2, 0) is 17.6 Å². The van der Waals surface area contributed by atoms with Crippen molar-refractivity contribution >= 4 is 45.7 Å². The monoisotopic (exact) mass is 453 g/mol. The van der Waals surface area contributed by atoms with Gasteiger partial charge in [0.25, 0.3) is 0 Å². The van der Waals surface area contributed by atoms with Gasteiger partial charge in [-0.05, 0) is 72.1 Å². The normalized spacial score (nSPS) is 15.8. The zero-order chi connectivity index (χ0) is 22.6. The fourth-order valence-corrected chi connectivity index (χ4v) is 5.26. The molecule has 2 aromatic rings. The van der Waals surface area contributed by atoms with Gasteiger partial charge in [0.1, 0.15) is 16.8 Å². The molecule has 1 heterocycles. The number of methoxy groups -OCH3 is 1. The second-order valence-corrected chi connectivity index (χ2v) is 10.2. The van der Waals surface area contributed by atoms with Gasteiger partial charge in [0, 0.05) is 11.0 Å². The molecule has 0 spiro atoms. The number of thiophene rings is 1. The van der Waals surface area contributed by atoms with E-state index in [4.69, 9.17) is 17.0 Å². The Balaban J connectivity index is 1.64. The number of nitrogens with zero attached hydrogens (tertiary/aromatic N) is 1. The Kier molecular flexibility index (Phi) is 7.14. The molecule has 0 unspecified atom stereocenters. The van der Waals surface area contributed by atoms with Crippen LogP contribution in [-0.4, -0.2) is 18.1 Å². The maximum Gasteiger partial charge on any atom is 0.250 e. The van der Waals surface area contributed by atoms with Crippen molar-refractivity contribution in [2.75, 3.05) is 12.4 Å². The van der Waals surface area contributed by atoms with E-state index in [1.165, 1.54) is 11.0 Å². The van der Waals surface area contributed by atoms with Crippen molar-refractivity contribution in [3.8, 4) is 11.8 Å². The standard InChI is InChI=1S/C24H27N3O2S2/c1-24(2,3)16-8-11-18-19(14-25)22(31-20(18)13-16)27-23(30)26-21(28)12-7-15-5-9-17(29-4)10-6-15/h5-7,9-10,12,16H,8,11,13H2,1-4H3,(H2,26,27,28,30)/b12-7+/t16-/m1/s1. The minimum Gasteiger partial charge on any atom is -0.497 e. The van der Waals surface area contributed by atoms with E-state index in [0.29, 0.717) is 16.5 Å². The zero-order valence-electron chi connectivity index (χ0n) is 18.2. The summed E-state index contributed by atoms with van der Waals surface area (Å²) in [5.41, 5.74) is 2.89. The number of ether oxygens (including phenoxy) is 1. The first-order chi connectivity index (χ1) is 14.7. The molecule has 0 saturated carbocycles. The van der Waals surface area contributed by atoms with Crippen molar-refractivity contribution in [2.24, 2.45) is 11.3 Å². The van der Waals surface area contributed by atoms with Gasteiger partial charge in [-0.15, -0.1) is 11.3 Å². The van der Waals surface area contributed by atoms with Crippen LogP contribution in [0.1, 0.15) is 48.8 Å². The van der Waals surface area contributed by atoms with E-state index < -0.39 is 0 Å². The first kappa shape index (κ1) is 23.0. The lowest BCUT2D eigenvalue weighted by atomic mass is 9.72. The number of amides is 1. The molecule has 7 heteroatoms. The maximum atomic E-state index is 12.2. The molecule has 5 nitrogen and oxygen atoms in total. The molecule has 0 bridgehead atoms. The van der Waals surface area contributed by atoms with Gasteiger partial charge < -0.3 is 10.1 Å². The summed E-state index contributed by atoms with van der Waals surface area (Å²) >= 11 is 6.88. The van der Waals surface area contributed by atoms with Gasteiger partial charge in [0.05, 0.1) is 12.7 Å². The number of nitrogens with one attached hydrogen (secondary N) is 2. The predicted octanol–water partition coefficient (Wildman–Crippen LogP) is 5.31. The van der Waals surface area contributed by atoms with Crippen molar-refractivity contribution in [1.29, 1.82) is 5.26 Å². The summed E-state index contributed by atoms with van der Waals surface area (Å²) in [6, 6.07) is 9.70. The third kappa shape index (κ3) is 5.72. The Labute approximate surface area is 193 Å². The summed E-state index contributed by atoms with van der Waals surface area (Å²) in [6.07, 6.45) is 6.09. The molecule has 2 N–H and O–H groups in total. The van der Waals surface area contributed by atoms with Gasteiger partial charge >= 0.3 is 0 Å². The van der Waals surface area contributed by atoms with E-state index in [-0.39, 0.29) is 16.4 Å². The van der Waals surface area contributed by atoms with Crippen LogP contribution in [0.2, 0.25) is 0 Å². The number of carbonyl (C=O) groups excluding carboxylic acids is 1. The Bertz CT molecular complexity index is 1040. The molecule has 0 radical (unpaired) electrons. The number of nitriles is 1. The van der Waals surface area contributed by atoms with Gasteiger partial charge in [-0.2, -0.15) is 5.26 Å². The van der Waals surface area contributed by atoms with Crippen LogP contribution in [0.3, 0.4) is 0 Å². The largest absolute Gasteiger partial charge is 0.497 e. The smallest absolute Gasteiger partial charge is 0.250 e. The van der Waals surface area contributed by atoms with Crippen molar-refractivity contribution in [3.05, 3.63) is 51.9 Å². The minimum absolute atomic E-state index is 0.187. The van der Waals surface area contributed by atoms with E-state index >= 15 is 0 Å². The highest BCUT2D eigenvalue weighted by Gasteiger charge is 2.32. The number of anilines is 1. The third-order valence-corrected chi connectivity index (χ3v) is 6.98. The SMILES string of the molecule is COc1ccc(/C=C/C(=O)NC(=S)Nc2sc3c(c2C#N)CC[C@@H](C(C)(C)C)C3)cc1. The van der Waals surface area contributed by atoms with E-state index in [1.807, 2.05) is 24.3 Å². The Hall–Kier alpha value is -2.69. The fraction of sp³-hybridized carbons (Fsp3) is 0.375. The molecular formula is C24H27N3O2S2. The van der Waals surface area contributed by atoms with E-state index in [2.05, 4.69) is 37.5 Å². The lowest BCUT2D eigenvalue weighted by Gasteiger charge is -2.33. The molecule has 1 atom stereocenters. The third-order valence-electron chi connectivity index (χ3n) is 5.61. The van der Waals surface area contributed by atoms with Gasteiger partial charge in [-0.3, -0.25) is 10.1 Å². The Morgan fingerprint density at radius 1 is 1.32 bits per heavy atom. The number of fused-ring (bicyclic) bond motifs is 1. The number of carbonyl (C=O) groups is 1. The van der Waals surface area contributed by atoms with Crippen molar-refractivity contribution in [1.82, 2.24) is 5.32 Å². The van der Waals surface area contributed by atoms with Crippen LogP contribution in [0.4, 0.5) is 5.00 Å². The lowest BCUT2D eigenvalue weighted by molar-refractivity contribution is -0.115. The molecule has 3 rings (SSSR count). The van der Waals surface area contributed by atoms with Crippen LogP contribution < -0.4 is 15.4 Å². The molecule has 1 aliphatic rings. The van der Waals surface area contributed by atoms with Crippen LogP contribution in [0.5, 0.6) is 5.75 Å². The fourth-order valence-electron chi connectivity index (χ4n) is 3.71. The number of hydrogen-bond acceptors (Lipinski definition) is 5. The summed E-state index contributed by atoms with van der Waals surface area (Å²) in [7, 11) is 1.61. The first-order valence-corrected chi connectivity index (χ1v) is 11.4. The average molecular weight is 454 g/mol. The van der Waals surface area contributed by atoms with E-state index in [0.717, 1.165) is 36.1 Å². The number of benzene rings is 1. The molecule has 0 aliphatic heterocycles. The molecule has 1 amide bonds. The van der Waals surface area contributed by atoms with Gasteiger partial charge in [0.2, 0.25) is 5.91 Å². The van der Waals surface area contributed by atoms with Gasteiger partial charge in [0.15, 0.2) is 5.11 Å². The summed E-state index contributed by atoms with van der Waals surface area (Å²) in [5.74, 6) is 1.02. The second kappa shape index (κ2) is 9.63. The molecule has 0 fully saturated rings. The molecule has 1 aliphatic carbocycles. The predicted molar refractivity (Wildman–Crippen MR) is 130 cm³/mol. The van der Waals surface area contributed by atoms with Crippen molar-refractivity contribution < 1.29 is 9.53 Å². The molecule has 1 aromatic carbocycles. The molecule has 31 heavy (non-hydrogen) atoms.